The molecule has 280 valence electrons. The summed E-state index contributed by atoms with van der Waals surface area (Å²) in [5.41, 5.74) is 9.70. The van der Waals surface area contributed by atoms with Crippen molar-refractivity contribution in [2.45, 2.75) is 75.5 Å². The molecule has 9 nitrogen and oxygen atoms in total. The van der Waals surface area contributed by atoms with Crippen LogP contribution in [0.25, 0.3) is 0 Å². The van der Waals surface area contributed by atoms with Crippen LogP contribution in [0.1, 0.15) is 83.8 Å². The zero-order chi connectivity index (χ0) is 36.8. The van der Waals surface area contributed by atoms with E-state index in [9.17, 15) is 19.5 Å². The number of carbonyl (C=O) groups excluding carboxylic acids is 3. The third-order valence-electron chi connectivity index (χ3n) is 13.1. The van der Waals surface area contributed by atoms with Gasteiger partial charge < -0.3 is 19.8 Å². The molecule has 3 amide bonds. The fraction of sp³-hybridized carbons (Fsp3) is 0.444. The third kappa shape index (κ3) is 6.88. The summed E-state index contributed by atoms with van der Waals surface area (Å²) in [6, 6.07) is 25.9. The Balaban J connectivity index is 0.777. The summed E-state index contributed by atoms with van der Waals surface area (Å²) in [6.07, 6.45) is 9.81. The lowest BCUT2D eigenvalue weighted by Crippen LogP contribution is -2.52. The molecule has 0 bridgehead atoms. The summed E-state index contributed by atoms with van der Waals surface area (Å²) in [5.74, 6) is 0.688. The normalized spacial score (nSPS) is 26.6. The quantitative estimate of drug-likeness (QED) is 0.299. The minimum atomic E-state index is -0.584. The van der Waals surface area contributed by atoms with E-state index in [1.54, 1.807) is 4.90 Å². The number of benzene rings is 3. The largest absolute Gasteiger partial charge is 0.389 e. The average molecular weight is 726 g/mol. The van der Waals surface area contributed by atoms with Gasteiger partial charge >= 0.3 is 0 Å². The summed E-state index contributed by atoms with van der Waals surface area (Å²) < 4.78 is 0. The molecule has 0 saturated carbocycles. The zero-order valence-corrected chi connectivity index (χ0v) is 31.0. The summed E-state index contributed by atoms with van der Waals surface area (Å²) in [4.78, 5) is 46.5. The van der Waals surface area contributed by atoms with Crippen LogP contribution in [0, 0.1) is 5.92 Å². The first-order chi connectivity index (χ1) is 26.4. The summed E-state index contributed by atoms with van der Waals surface area (Å²) in [7, 11) is 0. The molecule has 2 N–H and O–H groups in total. The number of amides is 3. The molecule has 4 atom stereocenters. The van der Waals surface area contributed by atoms with E-state index in [1.807, 2.05) is 18.2 Å². The minimum absolute atomic E-state index is 0.120. The van der Waals surface area contributed by atoms with Crippen molar-refractivity contribution in [1.29, 1.82) is 0 Å². The number of nitrogens with one attached hydrogen (secondary N) is 1. The Hall–Kier alpha value is -4.73. The van der Waals surface area contributed by atoms with Crippen molar-refractivity contribution in [3.63, 3.8) is 0 Å². The first-order valence-corrected chi connectivity index (χ1v) is 20.1. The van der Waals surface area contributed by atoms with Crippen molar-refractivity contribution in [3.8, 4) is 0 Å². The average Bonchev–Trinajstić information content (AvgIpc) is 3.53. The molecule has 3 aromatic rings. The number of imide groups is 1. The van der Waals surface area contributed by atoms with Gasteiger partial charge in [0.2, 0.25) is 11.8 Å². The number of rotatable bonds is 7. The van der Waals surface area contributed by atoms with E-state index in [0.29, 0.717) is 36.3 Å². The van der Waals surface area contributed by atoms with Gasteiger partial charge in [-0.3, -0.25) is 24.6 Å². The molecule has 3 fully saturated rings. The second-order valence-corrected chi connectivity index (χ2v) is 16.3. The number of carbonyl (C=O) groups is 3. The van der Waals surface area contributed by atoms with Crippen LogP contribution in [0.15, 0.2) is 96.1 Å². The first-order valence-electron chi connectivity index (χ1n) is 20.1. The monoisotopic (exact) mass is 725 g/mol. The summed E-state index contributed by atoms with van der Waals surface area (Å²) in [5, 5.41) is 12.7. The zero-order valence-electron chi connectivity index (χ0n) is 31.0. The number of fused-ring (bicyclic) bond motifs is 1. The molecule has 9 heteroatoms. The highest BCUT2D eigenvalue weighted by Crippen LogP contribution is 2.50. The predicted molar refractivity (Wildman–Crippen MR) is 210 cm³/mol. The maximum atomic E-state index is 13.2. The molecule has 0 radical (unpaired) electrons. The molecule has 2 aliphatic carbocycles. The van der Waals surface area contributed by atoms with Crippen LogP contribution in [-0.4, -0.2) is 90.6 Å². The van der Waals surface area contributed by atoms with Crippen LogP contribution >= 0.6 is 0 Å². The molecule has 3 saturated heterocycles. The molecular formula is C45H51N5O4. The molecular weight excluding hydrogens is 675 g/mol. The van der Waals surface area contributed by atoms with E-state index in [0.717, 1.165) is 76.3 Å². The lowest BCUT2D eigenvalue weighted by atomic mass is 9.67. The van der Waals surface area contributed by atoms with Crippen molar-refractivity contribution in [2.75, 3.05) is 55.6 Å². The maximum absolute atomic E-state index is 13.2. The minimum Gasteiger partial charge on any atom is -0.389 e. The molecule has 1 unspecified atom stereocenters. The van der Waals surface area contributed by atoms with Gasteiger partial charge in [0.05, 0.1) is 6.10 Å². The fourth-order valence-corrected chi connectivity index (χ4v) is 10.1. The van der Waals surface area contributed by atoms with Crippen LogP contribution in [0.5, 0.6) is 0 Å². The van der Waals surface area contributed by atoms with Crippen LogP contribution in [0.3, 0.4) is 0 Å². The first kappa shape index (κ1) is 35.0. The summed E-state index contributed by atoms with van der Waals surface area (Å²) >= 11 is 0. The molecule has 0 aromatic heterocycles. The van der Waals surface area contributed by atoms with Gasteiger partial charge in [-0.25, -0.2) is 0 Å². The van der Waals surface area contributed by atoms with E-state index < -0.39 is 6.04 Å². The maximum Gasteiger partial charge on any atom is 0.255 e. The molecule has 0 spiro atoms. The second-order valence-electron chi connectivity index (χ2n) is 16.3. The number of anilines is 2. The van der Waals surface area contributed by atoms with Gasteiger partial charge in [-0.1, -0.05) is 60.2 Å². The Bertz CT molecular complexity index is 1960. The molecule has 4 aliphatic heterocycles. The standard InChI is InChI=1S/C45H51N5O4/c51-37-12-15-39-33(27-37)8-13-38(31-4-2-1-3-5-31)43(39)32-6-9-35(10-7-32)48-20-18-30(19-21-48)28-47-22-24-49(25-23-47)36-11-14-40-34(26-36)29-50(45(40)54)41-16-17-42(52)46-44(41)53/h1-7,9-12,14-15,26,30,37-38,41,43,51H,8,13,16-25,27-29H2,(H,46,52,53)/t37?,38-,41+,43+/m1/s1. The highest BCUT2D eigenvalue weighted by molar-refractivity contribution is 6.05. The number of hydrogen-bond acceptors (Lipinski definition) is 7. The van der Waals surface area contributed by atoms with Gasteiger partial charge in [-0.15, -0.1) is 0 Å². The van der Waals surface area contributed by atoms with Crippen LogP contribution in [0.2, 0.25) is 0 Å². The van der Waals surface area contributed by atoms with Crippen molar-refractivity contribution in [3.05, 3.63) is 118 Å². The highest BCUT2D eigenvalue weighted by atomic mass is 16.3. The number of nitrogens with zero attached hydrogens (tertiary/aromatic N) is 4. The number of aliphatic hydroxyl groups is 1. The van der Waals surface area contributed by atoms with Crippen LogP contribution in [-0.2, 0) is 16.1 Å². The van der Waals surface area contributed by atoms with Gasteiger partial charge in [0.15, 0.2) is 0 Å². The lowest BCUT2D eigenvalue weighted by molar-refractivity contribution is -0.136. The molecule has 54 heavy (non-hydrogen) atoms. The van der Waals surface area contributed by atoms with Crippen molar-refractivity contribution in [2.24, 2.45) is 5.92 Å². The van der Waals surface area contributed by atoms with Crippen LogP contribution < -0.4 is 15.1 Å². The van der Waals surface area contributed by atoms with Crippen LogP contribution in [0.4, 0.5) is 11.4 Å². The number of allylic oxidation sites excluding steroid dienone is 2. The number of aliphatic hydroxyl groups excluding tert-OH is 1. The Morgan fingerprint density at radius 1 is 0.741 bits per heavy atom. The highest BCUT2D eigenvalue weighted by Gasteiger charge is 2.40. The Morgan fingerprint density at radius 2 is 1.48 bits per heavy atom. The smallest absolute Gasteiger partial charge is 0.255 e. The van der Waals surface area contributed by atoms with Gasteiger partial charge in [-0.05, 0) is 103 Å². The van der Waals surface area contributed by atoms with Gasteiger partial charge in [0.1, 0.15) is 6.04 Å². The topological polar surface area (TPSA) is 96.4 Å². The number of piperidine rings is 2. The predicted octanol–water partition coefficient (Wildman–Crippen LogP) is 5.76. The molecule has 6 aliphatic rings. The number of piperazine rings is 1. The van der Waals surface area contributed by atoms with Crippen molar-refractivity contribution in [1.82, 2.24) is 15.1 Å². The van der Waals surface area contributed by atoms with E-state index in [1.165, 1.54) is 40.8 Å². The van der Waals surface area contributed by atoms with E-state index >= 15 is 0 Å². The second kappa shape index (κ2) is 14.8. The van der Waals surface area contributed by atoms with Gasteiger partial charge in [0.25, 0.3) is 5.91 Å². The molecule has 4 heterocycles. The number of hydrogen-bond donors (Lipinski definition) is 2. The third-order valence-corrected chi connectivity index (χ3v) is 13.1. The Labute approximate surface area is 318 Å². The SMILES string of the molecule is O=C1CC[C@H](N2Cc3cc(N4CCN(CC5CCN(c6ccc([C@@H]7C8=C(CC[C@@H]7c7ccccc7)CC(O)C=C8)cc6)CC5)CC4)ccc3C2=O)C(=O)N1. The fourth-order valence-electron chi connectivity index (χ4n) is 10.1. The lowest BCUT2D eigenvalue weighted by Gasteiger charge is -2.40. The Kier molecular flexibility index (Phi) is 9.61. The van der Waals surface area contributed by atoms with E-state index in [4.69, 9.17) is 0 Å². The molecule has 9 rings (SSSR count). The van der Waals surface area contributed by atoms with Crippen molar-refractivity contribution >= 4 is 29.1 Å². The Morgan fingerprint density at radius 3 is 2.24 bits per heavy atom. The van der Waals surface area contributed by atoms with E-state index in [2.05, 4.69) is 86.8 Å². The van der Waals surface area contributed by atoms with E-state index in [-0.39, 0.29) is 30.2 Å². The summed E-state index contributed by atoms with van der Waals surface area (Å²) in [6.45, 7) is 7.68. The van der Waals surface area contributed by atoms with Gasteiger partial charge in [0, 0.05) is 81.6 Å². The molecule has 3 aromatic carbocycles. The van der Waals surface area contributed by atoms with Crippen molar-refractivity contribution < 1.29 is 19.5 Å². The van der Waals surface area contributed by atoms with Gasteiger partial charge in [-0.2, -0.15) is 0 Å².